The average Bonchev–Trinajstić information content (AvgIpc) is 3.04. The molecule has 1 unspecified atom stereocenters. The highest BCUT2D eigenvalue weighted by Crippen LogP contribution is 2.34. The summed E-state index contributed by atoms with van der Waals surface area (Å²) in [7, 11) is 0. The van der Waals surface area contributed by atoms with E-state index in [0.29, 0.717) is 4.88 Å². The molecule has 1 aromatic heterocycles. The largest absolute Gasteiger partial charge is 0.464 e. The number of hydrogen-bond donors (Lipinski definition) is 1. The fraction of sp³-hybridized carbons (Fsp3) is 0.533. The number of hydrogen-bond acceptors (Lipinski definition) is 8. The predicted octanol–water partition coefficient (Wildman–Crippen LogP) is 1.11. The Morgan fingerprint density at radius 3 is 2.20 bits per heavy atom. The number of nitrogens with zero attached hydrogens (tertiary/aromatic N) is 1. The lowest BCUT2D eigenvalue weighted by molar-refractivity contribution is -0.484. The van der Waals surface area contributed by atoms with E-state index in [4.69, 9.17) is 9.47 Å². The monoisotopic (exact) mass is 372 g/mol. The summed E-state index contributed by atoms with van der Waals surface area (Å²) in [5.74, 6) is -4.18. The van der Waals surface area contributed by atoms with E-state index in [1.165, 1.54) is 13.8 Å². The maximum atomic E-state index is 12.7. The number of nitrogens with one attached hydrogen (secondary N) is 1. The molecule has 1 amide bonds. The van der Waals surface area contributed by atoms with Gasteiger partial charge in [-0.15, -0.1) is 11.3 Å². The van der Waals surface area contributed by atoms with Crippen LogP contribution in [0.4, 0.5) is 0 Å². The van der Waals surface area contributed by atoms with Gasteiger partial charge in [-0.2, -0.15) is 0 Å². The van der Waals surface area contributed by atoms with Gasteiger partial charge >= 0.3 is 11.9 Å². The van der Waals surface area contributed by atoms with E-state index in [2.05, 4.69) is 5.32 Å². The van der Waals surface area contributed by atoms with E-state index in [9.17, 15) is 24.5 Å². The molecule has 25 heavy (non-hydrogen) atoms. The highest BCUT2D eigenvalue weighted by molar-refractivity contribution is 7.10. The molecule has 0 spiro atoms. The molecule has 0 aliphatic rings. The van der Waals surface area contributed by atoms with Gasteiger partial charge < -0.3 is 14.8 Å². The molecule has 0 aliphatic carbocycles. The number of amides is 1. The van der Waals surface area contributed by atoms with Crippen molar-refractivity contribution in [3.8, 4) is 0 Å². The summed E-state index contributed by atoms with van der Waals surface area (Å²) in [6.07, 6.45) is 0. The van der Waals surface area contributed by atoms with Crippen LogP contribution in [-0.4, -0.2) is 48.1 Å². The van der Waals surface area contributed by atoms with Crippen LogP contribution in [0, 0.1) is 10.1 Å². The van der Waals surface area contributed by atoms with Gasteiger partial charge in [-0.25, -0.2) is 9.59 Å². The highest BCUT2D eigenvalue weighted by Gasteiger charge is 2.59. The van der Waals surface area contributed by atoms with Gasteiger partial charge in [0.2, 0.25) is 18.0 Å². The Morgan fingerprint density at radius 2 is 1.84 bits per heavy atom. The minimum absolute atomic E-state index is 0.0742. The number of esters is 2. The molecule has 1 heterocycles. The number of carbonyl (C=O) groups excluding carboxylic acids is 3. The zero-order chi connectivity index (χ0) is 19.0. The van der Waals surface area contributed by atoms with Gasteiger partial charge in [-0.05, 0) is 25.3 Å². The van der Waals surface area contributed by atoms with Crippen molar-refractivity contribution in [2.75, 3.05) is 19.8 Å². The lowest BCUT2D eigenvalue weighted by Gasteiger charge is -2.34. The summed E-state index contributed by atoms with van der Waals surface area (Å²) in [4.78, 5) is 48.0. The topological polar surface area (TPSA) is 125 Å². The second kappa shape index (κ2) is 9.11. The second-order valence-corrected chi connectivity index (χ2v) is 5.99. The van der Waals surface area contributed by atoms with Crippen molar-refractivity contribution in [1.29, 1.82) is 0 Å². The lowest BCUT2D eigenvalue weighted by Crippen LogP contribution is -2.65. The van der Waals surface area contributed by atoms with Gasteiger partial charge in [0.1, 0.15) is 5.92 Å². The molecule has 0 fully saturated rings. The Labute approximate surface area is 148 Å². The number of ether oxygens (including phenoxy) is 2. The summed E-state index contributed by atoms with van der Waals surface area (Å²) in [5.41, 5.74) is -2.34. The van der Waals surface area contributed by atoms with Crippen LogP contribution in [0.3, 0.4) is 0 Å². The molecule has 0 bridgehead atoms. The summed E-state index contributed by atoms with van der Waals surface area (Å²) in [6.45, 7) is 3.23. The molecule has 1 rings (SSSR count). The quantitative estimate of drug-likeness (QED) is 0.298. The summed E-state index contributed by atoms with van der Waals surface area (Å²) in [5, 5.41) is 15.1. The molecule has 1 N–H and O–H groups in total. The SMILES string of the molecule is CCOC(=O)C(NC(C)=O)(C(=O)OCC)C(C[N+](=O)[O-])c1cccs1. The standard InChI is InChI=1S/C15H20N2O7S/c1-4-23-13(19)15(16-10(3)18,14(20)24-5-2)11(9-17(21)22)12-7-6-8-25-12/h6-8,11H,4-5,9H2,1-3H3,(H,16,18). The molecule has 1 atom stereocenters. The smallest absolute Gasteiger partial charge is 0.344 e. The van der Waals surface area contributed by atoms with Crippen molar-refractivity contribution in [3.05, 3.63) is 32.5 Å². The number of rotatable bonds is 9. The zero-order valence-corrected chi connectivity index (χ0v) is 15.0. The van der Waals surface area contributed by atoms with Crippen molar-refractivity contribution >= 4 is 29.2 Å². The maximum absolute atomic E-state index is 12.7. The van der Waals surface area contributed by atoms with Crippen molar-refractivity contribution in [3.63, 3.8) is 0 Å². The van der Waals surface area contributed by atoms with Crippen LogP contribution in [0.5, 0.6) is 0 Å². The third-order valence-corrected chi connectivity index (χ3v) is 4.29. The van der Waals surface area contributed by atoms with E-state index < -0.39 is 40.8 Å². The lowest BCUT2D eigenvalue weighted by atomic mass is 9.82. The van der Waals surface area contributed by atoms with E-state index in [1.807, 2.05) is 0 Å². The Hall–Kier alpha value is -2.49. The Morgan fingerprint density at radius 1 is 1.28 bits per heavy atom. The molecule has 0 saturated heterocycles. The van der Waals surface area contributed by atoms with Gasteiger partial charge in [0.25, 0.3) is 0 Å². The van der Waals surface area contributed by atoms with Crippen LogP contribution < -0.4 is 5.32 Å². The molecular formula is C15H20N2O7S. The van der Waals surface area contributed by atoms with E-state index in [0.717, 1.165) is 18.3 Å². The first-order chi connectivity index (χ1) is 11.8. The van der Waals surface area contributed by atoms with Gasteiger partial charge in [0.05, 0.1) is 13.2 Å². The van der Waals surface area contributed by atoms with Crippen molar-refractivity contribution in [1.82, 2.24) is 5.32 Å². The molecule has 0 aromatic carbocycles. The van der Waals surface area contributed by atoms with Crippen LogP contribution in [0.15, 0.2) is 17.5 Å². The molecule has 10 heteroatoms. The normalized spacial score (nSPS) is 12.1. The van der Waals surface area contributed by atoms with Gasteiger partial charge in [0, 0.05) is 16.7 Å². The Kier molecular flexibility index (Phi) is 7.49. The maximum Gasteiger partial charge on any atom is 0.344 e. The van der Waals surface area contributed by atoms with Crippen LogP contribution >= 0.6 is 11.3 Å². The minimum atomic E-state index is -2.34. The Balaban J connectivity index is 3.60. The van der Waals surface area contributed by atoms with E-state index >= 15 is 0 Å². The summed E-state index contributed by atoms with van der Waals surface area (Å²) < 4.78 is 9.93. The second-order valence-electron chi connectivity index (χ2n) is 5.01. The van der Waals surface area contributed by atoms with Crippen molar-refractivity contribution in [2.45, 2.75) is 32.2 Å². The summed E-state index contributed by atoms with van der Waals surface area (Å²) >= 11 is 1.13. The Bertz CT molecular complexity index is 612. The molecule has 138 valence electrons. The fourth-order valence-corrected chi connectivity index (χ4v) is 3.29. The number of thiophene rings is 1. The molecular weight excluding hydrogens is 352 g/mol. The fourth-order valence-electron chi connectivity index (χ4n) is 2.40. The first kappa shape index (κ1) is 20.6. The average molecular weight is 372 g/mol. The van der Waals surface area contributed by atoms with Crippen LogP contribution in [-0.2, 0) is 23.9 Å². The van der Waals surface area contributed by atoms with Gasteiger partial charge in [0.15, 0.2) is 0 Å². The third-order valence-electron chi connectivity index (χ3n) is 3.31. The molecule has 0 aliphatic heterocycles. The van der Waals surface area contributed by atoms with Crippen molar-refractivity contribution < 1.29 is 28.8 Å². The number of nitro groups is 1. The van der Waals surface area contributed by atoms with Crippen LogP contribution in [0.1, 0.15) is 31.6 Å². The zero-order valence-electron chi connectivity index (χ0n) is 14.1. The summed E-state index contributed by atoms with van der Waals surface area (Å²) in [6, 6.07) is 3.18. The predicted molar refractivity (Wildman–Crippen MR) is 88.7 cm³/mol. The molecule has 0 radical (unpaired) electrons. The number of carbonyl (C=O) groups is 3. The highest BCUT2D eigenvalue weighted by atomic mass is 32.1. The third kappa shape index (κ3) is 4.75. The molecule has 9 nitrogen and oxygen atoms in total. The minimum Gasteiger partial charge on any atom is -0.464 e. The first-order valence-corrected chi connectivity index (χ1v) is 8.45. The van der Waals surface area contributed by atoms with Gasteiger partial charge in [-0.3, -0.25) is 14.9 Å². The van der Waals surface area contributed by atoms with Crippen LogP contribution in [0.2, 0.25) is 0 Å². The molecule has 1 aromatic rings. The van der Waals surface area contributed by atoms with E-state index in [-0.39, 0.29) is 13.2 Å². The van der Waals surface area contributed by atoms with Crippen LogP contribution in [0.25, 0.3) is 0 Å². The first-order valence-electron chi connectivity index (χ1n) is 7.57. The molecule has 0 saturated carbocycles. The van der Waals surface area contributed by atoms with Crippen molar-refractivity contribution in [2.24, 2.45) is 0 Å². The van der Waals surface area contributed by atoms with E-state index in [1.54, 1.807) is 17.5 Å². The van der Waals surface area contributed by atoms with Gasteiger partial charge in [-0.1, -0.05) is 6.07 Å².